The van der Waals surface area contributed by atoms with Gasteiger partial charge in [-0.05, 0) is 25.1 Å². The van der Waals surface area contributed by atoms with Gasteiger partial charge in [0.05, 0.1) is 6.26 Å². The lowest BCUT2D eigenvalue weighted by atomic mass is 10.2. The lowest BCUT2D eigenvalue weighted by molar-refractivity contribution is -0.684. The van der Waals surface area contributed by atoms with Gasteiger partial charge in [0.1, 0.15) is 6.54 Å². The molecule has 2 aromatic heterocycles. The maximum atomic E-state index is 13.5. The van der Waals surface area contributed by atoms with Crippen molar-refractivity contribution in [2.75, 3.05) is 0 Å². The summed E-state index contributed by atoms with van der Waals surface area (Å²) in [5.74, 6) is 0.300. The van der Waals surface area contributed by atoms with E-state index >= 15 is 0 Å². The fraction of sp³-hybridized carbons (Fsp3) is 0.182. The van der Waals surface area contributed by atoms with Crippen LogP contribution in [0.3, 0.4) is 0 Å². The van der Waals surface area contributed by atoms with Crippen LogP contribution in [0.2, 0.25) is 0 Å². The molecule has 0 atom stereocenters. The van der Waals surface area contributed by atoms with Crippen molar-refractivity contribution < 1.29 is 13.4 Å². The lowest BCUT2D eigenvalue weighted by Crippen LogP contribution is -2.35. The van der Waals surface area contributed by atoms with Crippen LogP contribution in [-0.2, 0) is 6.54 Å². The highest BCUT2D eigenvalue weighted by atomic mass is 19.1. The molecule has 0 saturated heterocycles. The smallest absolute Gasteiger partial charge is 0.284 e. The Hall–Kier alpha value is -1.64. The number of rotatable bonds is 2. The van der Waals surface area contributed by atoms with Gasteiger partial charge in [-0.2, -0.15) is 8.96 Å². The quantitative estimate of drug-likeness (QED) is 0.668. The summed E-state index contributed by atoms with van der Waals surface area (Å²) < 4.78 is 20.5. The number of hydrogen-bond donors (Lipinski definition) is 0. The van der Waals surface area contributed by atoms with Crippen LogP contribution in [0.1, 0.15) is 6.92 Å². The third kappa shape index (κ3) is 1.41. The largest absolute Gasteiger partial charge is 0.458 e. The zero-order chi connectivity index (χ0) is 9.97. The van der Waals surface area contributed by atoms with E-state index in [0.29, 0.717) is 18.0 Å². The van der Waals surface area contributed by atoms with Gasteiger partial charge in [0.15, 0.2) is 12.0 Å². The van der Waals surface area contributed by atoms with Gasteiger partial charge in [-0.25, -0.2) is 0 Å². The fourth-order valence-electron chi connectivity index (χ4n) is 1.46. The van der Waals surface area contributed by atoms with E-state index in [1.807, 2.05) is 17.7 Å². The second-order valence-electron chi connectivity index (χ2n) is 2.97. The molecule has 2 rings (SSSR count). The summed E-state index contributed by atoms with van der Waals surface area (Å²) >= 11 is 0. The molecule has 0 radical (unpaired) electrons. The number of furan rings is 1. The molecule has 0 fully saturated rings. The molecule has 0 aliphatic rings. The van der Waals surface area contributed by atoms with Gasteiger partial charge in [0.2, 0.25) is 5.76 Å². The van der Waals surface area contributed by atoms with E-state index in [0.717, 1.165) is 0 Å². The first-order valence-electron chi connectivity index (χ1n) is 4.54. The Labute approximate surface area is 81.6 Å². The van der Waals surface area contributed by atoms with E-state index in [2.05, 4.69) is 0 Å². The second-order valence-corrected chi connectivity index (χ2v) is 2.97. The highest BCUT2D eigenvalue weighted by molar-refractivity contribution is 5.48. The minimum atomic E-state index is -0.260. The first-order chi connectivity index (χ1) is 6.83. The SMILES string of the molecule is CC[n+]1cccc(F)c1-c1ccco1. The van der Waals surface area contributed by atoms with E-state index in [-0.39, 0.29) is 5.82 Å². The van der Waals surface area contributed by atoms with Gasteiger partial charge in [-0.1, -0.05) is 0 Å². The number of aryl methyl sites for hydroxylation is 1. The summed E-state index contributed by atoms with van der Waals surface area (Å²) in [6.07, 6.45) is 3.38. The normalized spacial score (nSPS) is 10.4. The third-order valence-electron chi connectivity index (χ3n) is 2.12. The zero-order valence-electron chi connectivity index (χ0n) is 7.90. The van der Waals surface area contributed by atoms with Crippen LogP contribution < -0.4 is 4.57 Å². The van der Waals surface area contributed by atoms with Crippen LogP contribution in [-0.4, -0.2) is 0 Å². The number of pyridine rings is 1. The van der Waals surface area contributed by atoms with Crippen molar-refractivity contribution in [2.45, 2.75) is 13.5 Å². The Morgan fingerprint density at radius 3 is 2.86 bits per heavy atom. The second kappa shape index (κ2) is 3.62. The van der Waals surface area contributed by atoms with Crippen molar-refractivity contribution in [3.8, 4) is 11.5 Å². The van der Waals surface area contributed by atoms with Gasteiger partial charge in [-0.3, -0.25) is 0 Å². The molecule has 3 heteroatoms. The zero-order valence-corrected chi connectivity index (χ0v) is 7.90. The highest BCUT2D eigenvalue weighted by Gasteiger charge is 2.19. The molecule has 2 nitrogen and oxygen atoms in total. The maximum Gasteiger partial charge on any atom is 0.284 e. The molecule has 14 heavy (non-hydrogen) atoms. The molecule has 0 saturated carbocycles. The molecule has 0 aliphatic carbocycles. The maximum absolute atomic E-state index is 13.5. The van der Waals surface area contributed by atoms with E-state index in [9.17, 15) is 4.39 Å². The van der Waals surface area contributed by atoms with Crippen molar-refractivity contribution in [3.63, 3.8) is 0 Å². The van der Waals surface area contributed by atoms with Crippen molar-refractivity contribution in [1.29, 1.82) is 0 Å². The summed E-state index contributed by atoms with van der Waals surface area (Å²) in [4.78, 5) is 0. The summed E-state index contributed by atoms with van der Waals surface area (Å²) in [6.45, 7) is 2.68. The van der Waals surface area contributed by atoms with Gasteiger partial charge in [-0.15, -0.1) is 0 Å². The molecule has 0 unspecified atom stereocenters. The Kier molecular flexibility index (Phi) is 2.31. The van der Waals surface area contributed by atoms with Crippen LogP contribution in [0.25, 0.3) is 11.5 Å². The van der Waals surface area contributed by atoms with Gasteiger partial charge >= 0.3 is 0 Å². The first kappa shape index (κ1) is 8.94. The Morgan fingerprint density at radius 2 is 2.21 bits per heavy atom. The number of nitrogens with zero attached hydrogens (tertiary/aromatic N) is 1. The molecule has 0 spiro atoms. The monoisotopic (exact) mass is 192 g/mol. The minimum Gasteiger partial charge on any atom is -0.458 e. The molecule has 2 aromatic rings. The Morgan fingerprint density at radius 1 is 1.36 bits per heavy atom. The molecular weight excluding hydrogens is 181 g/mol. The molecule has 0 bridgehead atoms. The van der Waals surface area contributed by atoms with Crippen molar-refractivity contribution >= 4 is 0 Å². The summed E-state index contributed by atoms with van der Waals surface area (Å²) in [7, 11) is 0. The number of hydrogen-bond acceptors (Lipinski definition) is 1. The molecule has 0 aliphatic heterocycles. The van der Waals surface area contributed by atoms with Crippen molar-refractivity contribution in [3.05, 3.63) is 42.5 Å². The molecule has 0 amide bonds. The molecule has 0 N–H and O–H groups in total. The molecule has 2 heterocycles. The fourth-order valence-corrected chi connectivity index (χ4v) is 1.46. The third-order valence-corrected chi connectivity index (χ3v) is 2.12. The first-order valence-corrected chi connectivity index (χ1v) is 4.54. The van der Waals surface area contributed by atoms with E-state index in [4.69, 9.17) is 4.42 Å². The molecule has 0 aromatic carbocycles. The molecule has 72 valence electrons. The topological polar surface area (TPSA) is 17.0 Å². The van der Waals surface area contributed by atoms with E-state index < -0.39 is 0 Å². The van der Waals surface area contributed by atoms with Gasteiger partial charge < -0.3 is 4.42 Å². The predicted octanol–water partition coefficient (Wildman–Crippen LogP) is 2.39. The van der Waals surface area contributed by atoms with Crippen LogP contribution in [0.5, 0.6) is 0 Å². The minimum absolute atomic E-state index is 0.260. The Bertz CT molecular complexity index is 423. The van der Waals surface area contributed by atoms with Crippen LogP contribution in [0.15, 0.2) is 41.1 Å². The standard InChI is InChI=1S/C11H11FNO/c1-2-13-7-3-5-9(12)11(13)10-6-4-8-14-10/h3-8H,2H2,1H3/q+1. The number of aromatic nitrogens is 1. The van der Waals surface area contributed by atoms with Crippen LogP contribution in [0.4, 0.5) is 4.39 Å². The van der Waals surface area contributed by atoms with E-state index in [1.54, 1.807) is 24.5 Å². The molecular formula is C11H11FNO+. The van der Waals surface area contributed by atoms with Gasteiger partial charge in [0.25, 0.3) is 5.69 Å². The summed E-state index contributed by atoms with van der Waals surface area (Å²) in [5.41, 5.74) is 0.500. The van der Waals surface area contributed by atoms with Crippen molar-refractivity contribution in [2.24, 2.45) is 0 Å². The average molecular weight is 192 g/mol. The van der Waals surface area contributed by atoms with Gasteiger partial charge in [0, 0.05) is 6.07 Å². The summed E-state index contributed by atoms with van der Waals surface area (Å²) in [6, 6.07) is 6.63. The average Bonchev–Trinajstić information content (AvgIpc) is 2.70. The highest BCUT2D eigenvalue weighted by Crippen LogP contribution is 2.18. The predicted molar refractivity (Wildman–Crippen MR) is 50.0 cm³/mol. The van der Waals surface area contributed by atoms with E-state index in [1.165, 1.54) is 6.07 Å². The summed E-state index contributed by atoms with van der Waals surface area (Å²) in [5, 5.41) is 0. The number of halogens is 1. The van der Waals surface area contributed by atoms with Crippen molar-refractivity contribution in [1.82, 2.24) is 0 Å². The van der Waals surface area contributed by atoms with Crippen LogP contribution in [0, 0.1) is 5.82 Å². The lowest BCUT2D eigenvalue weighted by Gasteiger charge is -1.99. The Balaban J connectivity index is 2.61. The van der Waals surface area contributed by atoms with Crippen LogP contribution >= 0.6 is 0 Å².